The average molecular weight is 387 g/mol. The van der Waals surface area contributed by atoms with Crippen LogP contribution in [0.15, 0.2) is 23.1 Å². The number of aryl methyl sites for hydroxylation is 1. The Balaban J connectivity index is 0.00000288. The molecule has 1 aromatic rings. The first-order valence-electron chi connectivity index (χ1n) is 7.58. The van der Waals surface area contributed by atoms with Crippen LogP contribution >= 0.6 is 12.4 Å². The van der Waals surface area contributed by atoms with E-state index in [9.17, 15) is 21.6 Å². The highest BCUT2D eigenvalue weighted by Crippen LogP contribution is 2.31. The van der Waals surface area contributed by atoms with Crippen molar-refractivity contribution in [2.75, 3.05) is 19.6 Å². The minimum absolute atomic E-state index is 0. The molecular weight excluding hydrogens is 365 g/mol. The van der Waals surface area contributed by atoms with Crippen molar-refractivity contribution in [1.29, 1.82) is 0 Å². The number of benzene rings is 1. The van der Waals surface area contributed by atoms with E-state index < -0.39 is 21.8 Å². The summed E-state index contributed by atoms with van der Waals surface area (Å²) in [5.74, 6) is 0.397. The molecule has 0 aliphatic carbocycles. The lowest BCUT2D eigenvalue weighted by atomic mass is 9.96. The van der Waals surface area contributed by atoms with Crippen LogP contribution < -0.4 is 10.0 Å². The summed E-state index contributed by atoms with van der Waals surface area (Å²) < 4.78 is 65.3. The van der Waals surface area contributed by atoms with E-state index in [1.165, 1.54) is 13.0 Å². The fraction of sp³-hybridized carbons (Fsp3) is 0.600. The normalized spacial score (nSPS) is 18.9. The van der Waals surface area contributed by atoms with Crippen LogP contribution in [0.2, 0.25) is 0 Å². The molecule has 2 N–H and O–H groups in total. The van der Waals surface area contributed by atoms with Crippen molar-refractivity contribution in [2.45, 2.75) is 37.3 Å². The lowest BCUT2D eigenvalue weighted by molar-refractivity contribution is -0.137. The van der Waals surface area contributed by atoms with Crippen LogP contribution in [0.25, 0.3) is 0 Å². The van der Waals surface area contributed by atoms with Gasteiger partial charge in [-0.25, -0.2) is 13.1 Å². The molecule has 4 nitrogen and oxygen atoms in total. The van der Waals surface area contributed by atoms with Gasteiger partial charge in [0.2, 0.25) is 10.0 Å². The predicted octanol–water partition coefficient (Wildman–Crippen LogP) is 3.10. The molecule has 0 aromatic heterocycles. The second-order valence-corrected chi connectivity index (χ2v) is 7.61. The second-order valence-electron chi connectivity index (χ2n) is 5.88. The SMILES string of the molecule is Cc1ccc(C(F)(F)F)cc1S(=O)(=O)NCCC1CCCNC1.Cl. The Morgan fingerprint density at radius 3 is 2.62 bits per heavy atom. The lowest BCUT2D eigenvalue weighted by Gasteiger charge is -2.22. The number of rotatable bonds is 5. The minimum atomic E-state index is -4.56. The molecule has 1 unspecified atom stereocenters. The van der Waals surface area contributed by atoms with Crippen LogP contribution in [0, 0.1) is 12.8 Å². The van der Waals surface area contributed by atoms with Gasteiger partial charge in [-0.1, -0.05) is 6.07 Å². The monoisotopic (exact) mass is 386 g/mol. The van der Waals surface area contributed by atoms with Crippen LogP contribution in [0.3, 0.4) is 0 Å². The zero-order chi connectivity index (χ0) is 17.1. The van der Waals surface area contributed by atoms with Gasteiger partial charge in [-0.05, 0) is 62.9 Å². The van der Waals surface area contributed by atoms with Crippen LogP contribution in [-0.4, -0.2) is 28.1 Å². The summed E-state index contributed by atoms with van der Waals surface area (Å²) in [5, 5.41) is 3.25. The fourth-order valence-electron chi connectivity index (χ4n) is 2.71. The number of piperidine rings is 1. The van der Waals surface area contributed by atoms with Gasteiger partial charge in [0, 0.05) is 6.54 Å². The van der Waals surface area contributed by atoms with Crippen molar-refractivity contribution in [1.82, 2.24) is 10.0 Å². The third kappa shape index (κ3) is 5.61. The molecule has 0 amide bonds. The molecule has 1 aliphatic rings. The molecule has 9 heteroatoms. The van der Waals surface area contributed by atoms with Crippen LogP contribution in [0.5, 0.6) is 0 Å². The Bertz CT molecular complexity index is 645. The predicted molar refractivity (Wildman–Crippen MR) is 88.8 cm³/mol. The Hall–Kier alpha value is -0.830. The minimum Gasteiger partial charge on any atom is -0.316 e. The third-order valence-electron chi connectivity index (χ3n) is 4.05. The van der Waals surface area contributed by atoms with E-state index in [1.54, 1.807) is 0 Å². The molecule has 1 heterocycles. The van der Waals surface area contributed by atoms with Crippen molar-refractivity contribution >= 4 is 22.4 Å². The summed E-state index contributed by atoms with van der Waals surface area (Å²) in [7, 11) is -3.94. The van der Waals surface area contributed by atoms with Crippen molar-refractivity contribution in [3.05, 3.63) is 29.3 Å². The largest absolute Gasteiger partial charge is 0.416 e. The van der Waals surface area contributed by atoms with E-state index in [4.69, 9.17) is 0 Å². The zero-order valence-electron chi connectivity index (χ0n) is 13.3. The number of hydrogen-bond acceptors (Lipinski definition) is 3. The van der Waals surface area contributed by atoms with Crippen molar-refractivity contribution < 1.29 is 21.6 Å². The van der Waals surface area contributed by atoms with Gasteiger partial charge in [0.25, 0.3) is 0 Å². The Morgan fingerprint density at radius 1 is 1.33 bits per heavy atom. The highest BCUT2D eigenvalue weighted by Gasteiger charge is 2.32. The molecule has 1 aliphatic heterocycles. The molecular formula is C15H22ClF3N2O2S. The summed E-state index contributed by atoms with van der Waals surface area (Å²) in [6, 6.07) is 2.77. The molecule has 0 spiro atoms. The Kier molecular flexibility index (Phi) is 7.52. The molecule has 2 rings (SSSR count). The molecule has 0 bridgehead atoms. The molecule has 138 valence electrons. The van der Waals surface area contributed by atoms with Crippen molar-refractivity contribution in [3.63, 3.8) is 0 Å². The molecule has 0 saturated carbocycles. The summed E-state index contributed by atoms with van der Waals surface area (Å²) in [4.78, 5) is -0.311. The van der Waals surface area contributed by atoms with Gasteiger partial charge < -0.3 is 5.32 Å². The third-order valence-corrected chi connectivity index (χ3v) is 5.65. The number of halogens is 4. The first-order valence-corrected chi connectivity index (χ1v) is 9.07. The van der Waals surface area contributed by atoms with Crippen molar-refractivity contribution in [2.24, 2.45) is 5.92 Å². The maximum atomic E-state index is 12.8. The second kappa shape index (κ2) is 8.51. The highest BCUT2D eigenvalue weighted by molar-refractivity contribution is 7.89. The summed E-state index contributed by atoms with van der Waals surface area (Å²) in [5.41, 5.74) is -0.662. The van der Waals surface area contributed by atoms with E-state index in [0.29, 0.717) is 24.0 Å². The number of sulfonamides is 1. The van der Waals surface area contributed by atoms with E-state index in [1.807, 2.05) is 0 Å². The Morgan fingerprint density at radius 2 is 2.04 bits per heavy atom. The summed E-state index contributed by atoms with van der Waals surface area (Å²) in [6.45, 7) is 3.54. The standard InChI is InChI=1S/C15H21F3N2O2S.ClH/c1-11-4-5-13(15(16,17)18)9-14(11)23(21,22)20-8-6-12-3-2-7-19-10-12;/h4-5,9,12,19-20H,2-3,6-8,10H2,1H3;1H. The first-order chi connectivity index (χ1) is 10.7. The van der Waals surface area contributed by atoms with E-state index in [0.717, 1.165) is 32.0 Å². The smallest absolute Gasteiger partial charge is 0.316 e. The van der Waals surface area contributed by atoms with Gasteiger partial charge in [0.05, 0.1) is 10.5 Å². The molecule has 1 aromatic carbocycles. The maximum absolute atomic E-state index is 12.8. The molecule has 1 atom stereocenters. The van der Waals surface area contributed by atoms with Gasteiger partial charge in [-0.2, -0.15) is 13.2 Å². The van der Waals surface area contributed by atoms with Crippen LogP contribution in [0.1, 0.15) is 30.4 Å². The van der Waals surface area contributed by atoms with E-state index in [-0.39, 0.29) is 23.8 Å². The fourth-order valence-corrected chi connectivity index (χ4v) is 4.03. The van der Waals surface area contributed by atoms with Gasteiger partial charge in [0.1, 0.15) is 0 Å². The van der Waals surface area contributed by atoms with E-state index >= 15 is 0 Å². The maximum Gasteiger partial charge on any atom is 0.416 e. The van der Waals surface area contributed by atoms with Crippen LogP contribution in [0.4, 0.5) is 13.2 Å². The van der Waals surface area contributed by atoms with Gasteiger partial charge in [0.15, 0.2) is 0 Å². The quantitative estimate of drug-likeness (QED) is 0.817. The zero-order valence-corrected chi connectivity index (χ0v) is 15.0. The van der Waals surface area contributed by atoms with Gasteiger partial charge in [-0.3, -0.25) is 0 Å². The summed E-state index contributed by atoms with van der Waals surface area (Å²) in [6.07, 6.45) is -1.79. The van der Waals surface area contributed by atoms with Crippen molar-refractivity contribution in [3.8, 4) is 0 Å². The number of alkyl halides is 3. The Labute approximate surface area is 146 Å². The van der Waals surface area contributed by atoms with Gasteiger partial charge in [-0.15, -0.1) is 12.4 Å². The van der Waals surface area contributed by atoms with Crippen LogP contribution in [-0.2, 0) is 16.2 Å². The van der Waals surface area contributed by atoms with E-state index in [2.05, 4.69) is 10.0 Å². The molecule has 24 heavy (non-hydrogen) atoms. The summed E-state index contributed by atoms with van der Waals surface area (Å²) >= 11 is 0. The van der Waals surface area contributed by atoms with Gasteiger partial charge >= 0.3 is 6.18 Å². The molecule has 1 saturated heterocycles. The first kappa shape index (κ1) is 21.2. The molecule has 0 radical (unpaired) electrons. The lowest BCUT2D eigenvalue weighted by Crippen LogP contribution is -2.33. The highest BCUT2D eigenvalue weighted by atomic mass is 35.5. The average Bonchev–Trinajstić information content (AvgIpc) is 2.47. The number of hydrogen-bond donors (Lipinski definition) is 2. The molecule has 1 fully saturated rings. The number of nitrogens with one attached hydrogen (secondary N) is 2. The topological polar surface area (TPSA) is 58.2 Å².